The first-order chi connectivity index (χ1) is 14.0. The standard InChI is InChI=1S/C25H18FO2S/c1-3-25(2,20-10-7-11-21(26)17-20)28-24(27)19-9-6-12-22(16-19)29-15-14-18-8-4-5-13-23(18)29/h1,4-17H,2H3/q+1. The smallest absolute Gasteiger partial charge is 0.340 e. The highest BCUT2D eigenvalue weighted by atomic mass is 32.2. The van der Waals surface area contributed by atoms with Crippen LogP contribution in [0.5, 0.6) is 0 Å². The molecule has 1 aromatic heterocycles. The van der Waals surface area contributed by atoms with Gasteiger partial charge < -0.3 is 4.74 Å². The van der Waals surface area contributed by atoms with Gasteiger partial charge in [-0.1, -0.05) is 36.3 Å². The number of thiophene rings is 1. The molecule has 142 valence electrons. The molecule has 0 radical (unpaired) electrons. The number of fused-ring (bicyclic) bond motifs is 1. The molecule has 0 bridgehead atoms. The summed E-state index contributed by atoms with van der Waals surface area (Å²) in [5.41, 5.74) is -0.540. The summed E-state index contributed by atoms with van der Waals surface area (Å²) in [5, 5.41) is 3.34. The van der Waals surface area contributed by atoms with Gasteiger partial charge in [0.05, 0.1) is 5.56 Å². The molecule has 0 aliphatic rings. The number of esters is 1. The molecule has 0 saturated carbocycles. The summed E-state index contributed by atoms with van der Waals surface area (Å²) < 4.78 is 20.5. The molecule has 0 fully saturated rings. The molecular formula is C25H18FO2S+. The minimum atomic E-state index is -1.36. The highest BCUT2D eigenvalue weighted by Crippen LogP contribution is 2.40. The lowest BCUT2D eigenvalue weighted by Crippen LogP contribution is -2.27. The first-order valence-corrected chi connectivity index (χ1v) is 10.4. The molecule has 2 nitrogen and oxygen atoms in total. The maximum atomic E-state index is 13.6. The maximum Gasteiger partial charge on any atom is 0.340 e. The van der Waals surface area contributed by atoms with E-state index in [1.165, 1.54) is 22.2 Å². The van der Waals surface area contributed by atoms with Crippen molar-refractivity contribution in [1.29, 1.82) is 0 Å². The molecule has 0 N–H and O–H groups in total. The van der Waals surface area contributed by atoms with Crippen LogP contribution in [0, 0.1) is 18.2 Å². The van der Waals surface area contributed by atoms with Gasteiger partial charge in [-0.3, -0.25) is 0 Å². The Kier molecular flexibility index (Phi) is 4.92. The van der Waals surface area contributed by atoms with Gasteiger partial charge in [-0.25, -0.2) is 9.18 Å². The lowest BCUT2D eigenvalue weighted by molar-refractivity contribution is 0.0128. The molecule has 4 heteroatoms. The Morgan fingerprint density at radius 2 is 1.83 bits per heavy atom. The zero-order chi connectivity index (χ0) is 20.4. The Labute approximate surface area is 171 Å². The minimum Gasteiger partial charge on any atom is -0.438 e. The molecule has 3 aromatic carbocycles. The third kappa shape index (κ3) is 3.65. The molecule has 4 aromatic rings. The molecule has 29 heavy (non-hydrogen) atoms. The van der Waals surface area contributed by atoms with Gasteiger partial charge in [0.15, 0.2) is 15.2 Å². The van der Waals surface area contributed by atoms with E-state index in [0.717, 1.165) is 4.90 Å². The van der Waals surface area contributed by atoms with E-state index in [1.807, 2.05) is 30.3 Å². The Balaban J connectivity index is 1.66. The van der Waals surface area contributed by atoms with Gasteiger partial charge >= 0.3 is 5.97 Å². The molecule has 1 heterocycles. The van der Waals surface area contributed by atoms with Gasteiger partial charge in [0.2, 0.25) is 0 Å². The van der Waals surface area contributed by atoms with E-state index in [1.54, 1.807) is 25.1 Å². The van der Waals surface area contributed by atoms with Gasteiger partial charge in [-0.2, -0.15) is 0 Å². The molecule has 2 atom stereocenters. The molecule has 2 unspecified atom stereocenters. The molecule has 0 saturated heterocycles. The van der Waals surface area contributed by atoms with Crippen LogP contribution in [0.15, 0.2) is 84.2 Å². The summed E-state index contributed by atoms with van der Waals surface area (Å²) >= 11 is 0. The van der Waals surface area contributed by atoms with Crippen molar-refractivity contribution in [3.63, 3.8) is 0 Å². The fourth-order valence-electron chi connectivity index (χ4n) is 3.20. The highest BCUT2D eigenvalue weighted by Gasteiger charge is 2.30. The first kappa shape index (κ1) is 18.9. The monoisotopic (exact) mass is 401 g/mol. The van der Waals surface area contributed by atoms with Crippen molar-refractivity contribution in [3.8, 4) is 17.2 Å². The van der Waals surface area contributed by atoms with Gasteiger partial charge in [0.1, 0.15) is 11.2 Å². The number of rotatable bonds is 4. The first-order valence-electron chi connectivity index (χ1n) is 9.08. The summed E-state index contributed by atoms with van der Waals surface area (Å²) in [7, 11) is -0.235. The number of carbonyl (C=O) groups excluding carboxylic acids is 1. The quantitative estimate of drug-likeness (QED) is 0.224. The van der Waals surface area contributed by atoms with E-state index >= 15 is 0 Å². The summed E-state index contributed by atoms with van der Waals surface area (Å²) in [4.78, 5) is 13.9. The molecule has 0 aliphatic heterocycles. The average molecular weight is 401 g/mol. The second-order valence-corrected chi connectivity index (χ2v) is 8.64. The Morgan fingerprint density at radius 1 is 1.03 bits per heavy atom. The second kappa shape index (κ2) is 7.54. The van der Waals surface area contributed by atoms with E-state index < -0.39 is 17.4 Å². The van der Waals surface area contributed by atoms with E-state index in [4.69, 9.17) is 11.2 Å². The summed E-state index contributed by atoms with van der Waals surface area (Å²) in [6.45, 7) is 1.58. The van der Waals surface area contributed by atoms with Crippen LogP contribution in [-0.4, -0.2) is 5.97 Å². The van der Waals surface area contributed by atoms with Crippen molar-refractivity contribution < 1.29 is 13.9 Å². The van der Waals surface area contributed by atoms with Crippen LogP contribution in [-0.2, 0) is 10.3 Å². The fourth-order valence-corrected chi connectivity index (χ4v) is 5.13. The van der Waals surface area contributed by atoms with Crippen molar-refractivity contribution in [3.05, 3.63) is 101 Å². The van der Waals surface area contributed by atoms with Crippen molar-refractivity contribution in [2.45, 2.75) is 12.5 Å². The van der Waals surface area contributed by atoms with Crippen molar-refractivity contribution in [1.82, 2.24) is 0 Å². The Bertz CT molecular complexity index is 1250. The van der Waals surface area contributed by atoms with Crippen molar-refractivity contribution in [2.24, 2.45) is 0 Å². The summed E-state index contributed by atoms with van der Waals surface area (Å²) in [5.74, 6) is 1.51. The van der Waals surface area contributed by atoms with Gasteiger partial charge in [0, 0.05) is 33.6 Å². The van der Waals surface area contributed by atoms with Crippen molar-refractivity contribution >= 4 is 26.5 Å². The van der Waals surface area contributed by atoms with Crippen LogP contribution in [0.1, 0.15) is 22.8 Å². The van der Waals surface area contributed by atoms with Gasteiger partial charge in [0.25, 0.3) is 0 Å². The Morgan fingerprint density at radius 3 is 2.62 bits per heavy atom. The highest BCUT2D eigenvalue weighted by molar-refractivity contribution is 7.43. The van der Waals surface area contributed by atoms with Crippen LogP contribution in [0.3, 0.4) is 0 Å². The fraction of sp³-hybridized carbons (Fsp3) is 0.0800. The lowest BCUT2D eigenvalue weighted by atomic mass is 9.96. The molecule has 0 aliphatic carbocycles. The minimum absolute atomic E-state index is 0.235. The van der Waals surface area contributed by atoms with Crippen LogP contribution in [0.25, 0.3) is 15.0 Å². The predicted molar refractivity (Wildman–Crippen MR) is 116 cm³/mol. The zero-order valence-electron chi connectivity index (χ0n) is 15.8. The second-order valence-electron chi connectivity index (χ2n) is 6.78. The van der Waals surface area contributed by atoms with Crippen LogP contribution in [0.2, 0.25) is 0 Å². The van der Waals surface area contributed by atoms with E-state index in [9.17, 15) is 9.18 Å². The van der Waals surface area contributed by atoms with E-state index in [2.05, 4.69) is 29.5 Å². The van der Waals surface area contributed by atoms with Crippen LogP contribution >= 0.6 is 10.5 Å². The van der Waals surface area contributed by atoms with Gasteiger partial charge in [-0.05, 0) is 43.3 Å². The SMILES string of the molecule is C#CC(C)(OC(=O)c1cccc(-[s+]2ccc3ccccc32)c1)c1cccc(F)c1. The lowest BCUT2D eigenvalue weighted by Gasteiger charge is -2.24. The summed E-state index contributed by atoms with van der Waals surface area (Å²) in [6, 6.07) is 23.5. The third-order valence-electron chi connectivity index (χ3n) is 4.81. The van der Waals surface area contributed by atoms with Crippen LogP contribution < -0.4 is 0 Å². The molecule has 4 rings (SSSR count). The number of hydrogen-bond acceptors (Lipinski definition) is 2. The molecular weight excluding hydrogens is 383 g/mol. The van der Waals surface area contributed by atoms with E-state index in [-0.39, 0.29) is 10.5 Å². The normalized spacial score (nSPS) is 13.5. The summed E-state index contributed by atoms with van der Waals surface area (Å²) in [6.07, 6.45) is 5.64. The zero-order valence-corrected chi connectivity index (χ0v) is 16.6. The van der Waals surface area contributed by atoms with Crippen LogP contribution in [0.4, 0.5) is 4.39 Å². The Hall–Kier alpha value is -3.42. The molecule has 0 spiro atoms. The average Bonchev–Trinajstić information content (AvgIpc) is 3.18. The topological polar surface area (TPSA) is 26.3 Å². The van der Waals surface area contributed by atoms with Gasteiger partial charge in [-0.15, -0.1) is 6.42 Å². The number of halogens is 1. The predicted octanol–water partition coefficient (Wildman–Crippen LogP) is 6.42. The number of terminal acetylenes is 1. The number of benzene rings is 3. The van der Waals surface area contributed by atoms with Crippen molar-refractivity contribution in [2.75, 3.05) is 0 Å². The van der Waals surface area contributed by atoms with E-state index in [0.29, 0.717) is 11.1 Å². The third-order valence-corrected chi connectivity index (χ3v) is 6.83. The number of hydrogen-bond donors (Lipinski definition) is 0. The largest absolute Gasteiger partial charge is 0.438 e. The maximum absolute atomic E-state index is 13.6. The number of carbonyl (C=O) groups is 1. The number of ether oxygens (including phenoxy) is 1. The molecule has 0 amide bonds.